The number of aryl methyl sites for hydroxylation is 2. The Bertz CT molecular complexity index is 822. The number of phenolic OH excluding ortho intramolecular Hbond substituents is 2. The number of ketones is 1. The van der Waals surface area contributed by atoms with E-state index >= 15 is 0 Å². The molecule has 4 nitrogen and oxygen atoms in total. The molecule has 0 aliphatic rings. The fourth-order valence-corrected chi connectivity index (χ4v) is 2.59. The molecule has 0 radical (unpaired) electrons. The zero-order chi connectivity index (χ0) is 15.7. The summed E-state index contributed by atoms with van der Waals surface area (Å²) in [6.45, 7) is 1.74. The van der Waals surface area contributed by atoms with Gasteiger partial charge in [0.1, 0.15) is 22.6 Å². The smallest absolute Gasteiger partial charge is 0.170 e. The quantitative estimate of drug-likeness (QED) is 0.715. The minimum atomic E-state index is -0.276. The second kappa shape index (κ2) is 5.56. The highest BCUT2D eigenvalue weighted by Crippen LogP contribution is 2.30. The van der Waals surface area contributed by atoms with E-state index in [4.69, 9.17) is 4.42 Å². The van der Waals surface area contributed by atoms with Crippen LogP contribution in [0.2, 0.25) is 0 Å². The maximum Gasteiger partial charge on any atom is 0.170 e. The molecule has 2 N–H and O–H groups in total. The Balaban J connectivity index is 1.77. The van der Waals surface area contributed by atoms with Gasteiger partial charge in [0.25, 0.3) is 0 Å². The highest BCUT2D eigenvalue weighted by molar-refractivity contribution is 6.01. The molecular weight excluding hydrogens is 280 g/mol. The lowest BCUT2D eigenvalue weighted by Crippen LogP contribution is -2.02. The van der Waals surface area contributed by atoms with Crippen molar-refractivity contribution in [3.63, 3.8) is 0 Å². The van der Waals surface area contributed by atoms with Crippen molar-refractivity contribution in [1.82, 2.24) is 0 Å². The van der Waals surface area contributed by atoms with E-state index in [9.17, 15) is 15.0 Å². The number of carbonyl (C=O) groups is 1. The third-order valence-corrected chi connectivity index (χ3v) is 3.68. The molecule has 1 heterocycles. The van der Waals surface area contributed by atoms with Gasteiger partial charge in [0.2, 0.25) is 0 Å². The molecule has 0 unspecified atom stereocenters. The molecule has 3 rings (SSSR count). The van der Waals surface area contributed by atoms with Gasteiger partial charge in [0, 0.05) is 11.8 Å². The normalized spacial score (nSPS) is 11.0. The first-order valence-corrected chi connectivity index (χ1v) is 7.06. The van der Waals surface area contributed by atoms with Crippen molar-refractivity contribution in [1.29, 1.82) is 0 Å². The molecule has 2 aromatic carbocycles. The van der Waals surface area contributed by atoms with Crippen LogP contribution < -0.4 is 0 Å². The fraction of sp³-hybridized carbons (Fsp3) is 0.167. The Hall–Kier alpha value is -2.75. The molecule has 0 bridgehead atoms. The summed E-state index contributed by atoms with van der Waals surface area (Å²) >= 11 is 0. The maximum atomic E-state index is 12.2. The lowest BCUT2D eigenvalue weighted by molar-refractivity contribution is 0.0977. The summed E-state index contributed by atoms with van der Waals surface area (Å²) in [6, 6.07) is 10.6. The van der Waals surface area contributed by atoms with Crippen LogP contribution in [0.15, 0.2) is 47.1 Å². The first-order valence-electron chi connectivity index (χ1n) is 7.06. The van der Waals surface area contributed by atoms with E-state index in [1.54, 1.807) is 13.2 Å². The first kappa shape index (κ1) is 14.2. The van der Waals surface area contributed by atoms with Gasteiger partial charge in [-0.15, -0.1) is 0 Å². The van der Waals surface area contributed by atoms with E-state index in [0.29, 0.717) is 12.0 Å². The summed E-state index contributed by atoms with van der Waals surface area (Å²) in [7, 11) is 0. The third-order valence-electron chi connectivity index (χ3n) is 3.68. The SMILES string of the molecule is Cc1cc(O)c(C(=O)CCc2ccc3occc3c2)c(O)c1. The molecule has 0 fully saturated rings. The number of phenols is 2. The van der Waals surface area contributed by atoms with Crippen LogP contribution in [0, 0.1) is 6.92 Å². The molecule has 112 valence electrons. The van der Waals surface area contributed by atoms with Crippen LogP contribution in [-0.2, 0) is 6.42 Å². The molecule has 0 saturated heterocycles. The van der Waals surface area contributed by atoms with Gasteiger partial charge in [-0.3, -0.25) is 4.79 Å². The third kappa shape index (κ3) is 2.68. The number of hydrogen-bond donors (Lipinski definition) is 2. The van der Waals surface area contributed by atoms with E-state index in [1.807, 2.05) is 24.3 Å². The number of furan rings is 1. The van der Waals surface area contributed by atoms with Crippen molar-refractivity contribution in [2.75, 3.05) is 0 Å². The zero-order valence-corrected chi connectivity index (χ0v) is 12.2. The predicted octanol–water partition coefficient (Wildman–Crippen LogP) is 3.97. The van der Waals surface area contributed by atoms with Crippen LogP contribution in [0.25, 0.3) is 11.0 Å². The van der Waals surface area contributed by atoms with Gasteiger partial charge < -0.3 is 14.6 Å². The Morgan fingerprint density at radius 1 is 1.09 bits per heavy atom. The van der Waals surface area contributed by atoms with Crippen LogP contribution in [-0.4, -0.2) is 16.0 Å². The van der Waals surface area contributed by atoms with E-state index < -0.39 is 0 Å². The monoisotopic (exact) mass is 296 g/mol. The van der Waals surface area contributed by atoms with Gasteiger partial charge in [-0.2, -0.15) is 0 Å². The number of carbonyl (C=O) groups excluding carboxylic acids is 1. The van der Waals surface area contributed by atoms with E-state index in [-0.39, 0.29) is 29.3 Å². The Kier molecular flexibility index (Phi) is 3.59. The van der Waals surface area contributed by atoms with Gasteiger partial charge in [0.05, 0.1) is 6.26 Å². The van der Waals surface area contributed by atoms with Crippen molar-refractivity contribution >= 4 is 16.8 Å². The molecule has 4 heteroatoms. The number of Topliss-reactive ketones (excluding diaryl/α,β-unsaturated/α-hetero) is 1. The first-order chi connectivity index (χ1) is 10.5. The molecule has 0 saturated carbocycles. The zero-order valence-electron chi connectivity index (χ0n) is 12.2. The molecule has 0 aliphatic carbocycles. The number of aromatic hydroxyl groups is 2. The number of rotatable bonds is 4. The minimum Gasteiger partial charge on any atom is -0.507 e. The van der Waals surface area contributed by atoms with Crippen LogP contribution in [0.4, 0.5) is 0 Å². The molecule has 0 atom stereocenters. The van der Waals surface area contributed by atoms with Crippen LogP contribution >= 0.6 is 0 Å². The topological polar surface area (TPSA) is 70.7 Å². The summed E-state index contributed by atoms with van der Waals surface area (Å²) in [5.74, 6) is -0.622. The Morgan fingerprint density at radius 3 is 2.55 bits per heavy atom. The second-order valence-corrected chi connectivity index (χ2v) is 5.39. The lowest BCUT2D eigenvalue weighted by atomic mass is 9.99. The van der Waals surface area contributed by atoms with Crippen molar-refractivity contribution in [2.45, 2.75) is 19.8 Å². The number of benzene rings is 2. The van der Waals surface area contributed by atoms with E-state index in [1.165, 1.54) is 12.1 Å². The van der Waals surface area contributed by atoms with Gasteiger partial charge in [-0.25, -0.2) is 0 Å². The number of hydrogen-bond acceptors (Lipinski definition) is 4. The van der Waals surface area contributed by atoms with Crippen LogP contribution in [0.5, 0.6) is 11.5 Å². The molecule has 0 aliphatic heterocycles. The highest BCUT2D eigenvalue weighted by atomic mass is 16.3. The fourth-order valence-electron chi connectivity index (χ4n) is 2.59. The summed E-state index contributed by atoms with van der Waals surface area (Å²) < 4.78 is 5.28. The van der Waals surface area contributed by atoms with Crippen molar-refractivity contribution in [3.8, 4) is 11.5 Å². The average Bonchev–Trinajstić information content (AvgIpc) is 2.91. The Morgan fingerprint density at radius 2 is 1.82 bits per heavy atom. The van der Waals surface area contributed by atoms with Gasteiger partial charge in [-0.1, -0.05) is 6.07 Å². The number of fused-ring (bicyclic) bond motifs is 1. The second-order valence-electron chi connectivity index (χ2n) is 5.39. The van der Waals surface area contributed by atoms with Crippen molar-refractivity contribution < 1.29 is 19.4 Å². The van der Waals surface area contributed by atoms with Crippen LogP contribution in [0.1, 0.15) is 27.9 Å². The highest BCUT2D eigenvalue weighted by Gasteiger charge is 2.17. The Labute approximate surface area is 127 Å². The molecule has 1 aromatic heterocycles. The molecule has 22 heavy (non-hydrogen) atoms. The summed E-state index contributed by atoms with van der Waals surface area (Å²) in [4.78, 5) is 12.2. The van der Waals surface area contributed by atoms with Gasteiger partial charge in [-0.05, 0) is 54.8 Å². The minimum absolute atomic E-state index is 0.00464. The largest absolute Gasteiger partial charge is 0.507 e. The summed E-state index contributed by atoms with van der Waals surface area (Å²) in [5.41, 5.74) is 2.52. The molecular formula is C18H16O4. The van der Waals surface area contributed by atoms with E-state index in [2.05, 4.69) is 0 Å². The van der Waals surface area contributed by atoms with Gasteiger partial charge in [0.15, 0.2) is 5.78 Å². The predicted molar refractivity (Wildman–Crippen MR) is 83.4 cm³/mol. The van der Waals surface area contributed by atoms with Crippen molar-refractivity contribution in [3.05, 3.63) is 59.4 Å². The van der Waals surface area contributed by atoms with Crippen molar-refractivity contribution in [2.24, 2.45) is 0 Å². The summed E-state index contributed by atoms with van der Waals surface area (Å²) in [6.07, 6.45) is 2.38. The standard InChI is InChI=1S/C18H16O4/c1-11-8-15(20)18(16(21)9-11)14(19)4-2-12-3-5-17-13(10-12)6-7-22-17/h3,5-10,20-21H,2,4H2,1H3. The van der Waals surface area contributed by atoms with E-state index in [0.717, 1.165) is 16.5 Å². The molecule has 0 spiro atoms. The van der Waals surface area contributed by atoms with Gasteiger partial charge >= 0.3 is 0 Å². The maximum absolute atomic E-state index is 12.2. The van der Waals surface area contributed by atoms with Crippen LogP contribution in [0.3, 0.4) is 0 Å². The summed E-state index contributed by atoms with van der Waals surface area (Å²) in [5, 5.41) is 20.7. The average molecular weight is 296 g/mol. The molecule has 0 amide bonds. The molecule has 3 aromatic rings. The lowest BCUT2D eigenvalue weighted by Gasteiger charge is -2.08.